The first-order valence-electron chi connectivity index (χ1n) is 8.48. The SMILES string of the molecule is C[C@@H]1C(=O)c2cc(O)ccc2C2CCC3(C)C(CC[C@@H]3O)C21. The molecule has 4 unspecified atom stereocenters. The number of aliphatic hydroxyl groups excluding tert-OH is 1. The van der Waals surface area contributed by atoms with Crippen LogP contribution in [0.4, 0.5) is 0 Å². The van der Waals surface area contributed by atoms with Crippen molar-refractivity contribution >= 4 is 5.78 Å². The Kier molecular flexibility index (Phi) is 2.96. The molecule has 3 heteroatoms. The highest BCUT2D eigenvalue weighted by atomic mass is 16.3. The van der Waals surface area contributed by atoms with Crippen molar-refractivity contribution < 1.29 is 15.0 Å². The summed E-state index contributed by atoms with van der Waals surface area (Å²) in [6.45, 7) is 4.26. The van der Waals surface area contributed by atoms with Gasteiger partial charge in [0.05, 0.1) is 6.10 Å². The summed E-state index contributed by atoms with van der Waals surface area (Å²) in [4.78, 5) is 12.8. The van der Waals surface area contributed by atoms with Crippen LogP contribution in [0.1, 0.15) is 61.4 Å². The number of Topliss-reactive ketones (excluding diaryl/α,β-unsaturated/α-hetero) is 1. The molecule has 0 spiro atoms. The summed E-state index contributed by atoms with van der Waals surface area (Å²) in [5, 5.41) is 20.2. The number of hydrogen-bond acceptors (Lipinski definition) is 3. The average molecular weight is 300 g/mol. The van der Waals surface area contributed by atoms with E-state index in [0.717, 1.165) is 36.8 Å². The van der Waals surface area contributed by atoms with Crippen molar-refractivity contribution in [1.29, 1.82) is 0 Å². The Hall–Kier alpha value is -1.35. The van der Waals surface area contributed by atoms with Crippen molar-refractivity contribution in [3.63, 3.8) is 0 Å². The molecule has 0 heterocycles. The number of aliphatic hydroxyl groups is 1. The van der Waals surface area contributed by atoms with Crippen LogP contribution in [0.5, 0.6) is 5.75 Å². The van der Waals surface area contributed by atoms with Crippen molar-refractivity contribution in [3.05, 3.63) is 29.3 Å². The Morgan fingerprint density at radius 1 is 1.23 bits per heavy atom. The van der Waals surface area contributed by atoms with Gasteiger partial charge < -0.3 is 10.2 Å². The smallest absolute Gasteiger partial charge is 0.166 e. The third-order valence-electron chi connectivity index (χ3n) is 6.98. The summed E-state index contributed by atoms with van der Waals surface area (Å²) in [7, 11) is 0. The Morgan fingerprint density at radius 2 is 2.00 bits per heavy atom. The number of benzene rings is 1. The van der Waals surface area contributed by atoms with Gasteiger partial charge in [0.1, 0.15) is 5.75 Å². The van der Waals surface area contributed by atoms with Crippen molar-refractivity contribution in [3.8, 4) is 5.75 Å². The summed E-state index contributed by atoms with van der Waals surface area (Å²) in [6, 6.07) is 5.29. The minimum absolute atomic E-state index is 0.0192. The van der Waals surface area contributed by atoms with Crippen molar-refractivity contribution in [2.45, 2.75) is 51.6 Å². The van der Waals surface area contributed by atoms with Crippen LogP contribution in [-0.2, 0) is 0 Å². The number of phenolic OH excluding ortho intramolecular Hbond substituents is 1. The molecule has 0 saturated heterocycles. The van der Waals surface area contributed by atoms with Gasteiger partial charge in [-0.1, -0.05) is 19.9 Å². The molecule has 6 atom stereocenters. The molecule has 2 fully saturated rings. The molecule has 3 nitrogen and oxygen atoms in total. The lowest BCUT2D eigenvalue weighted by Gasteiger charge is -2.51. The molecule has 0 amide bonds. The first-order valence-corrected chi connectivity index (χ1v) is 8.48. The fourth-order valence-corrected chi connectivity index (χ4v) is 5.73. The number of hydrogen-bond donors (Lipinski definition) is 2. The number of aromatic hydroxyl groups is 1. The molecule has 2 saturated carbocycles. The number of carbonyl (C=O) groups is 1. The number of fused-ring (bicyclic) bond motifs is 5. The Bertz CT molecular complexity index is 638. The van der Waals surface area contributed by atoms with Crippen LogP contribution in [0, 0.1) is 23.2 Å². The topological polar surface area (TPSA) is 57.5 Å². The maximum absolute atomic E-state index is 12.8. The summed E-state index contributed by atoms with van der Waals surface area (Å²) in [5.41, 5.74) is 1.81. The zero-order valence-electron chi connectivity index (χ0n) is 13.2. The van der Waals surface area contributed by atoms with E-state index in [1.807, 2.05) is 13.0 Å². The second kappa shape index (κ2) is 4.58. The molecule has 4 rings (SSSR count). The number of ketones is 1. The summed E-state index contributed by atoms with van der Waals surface area (Å²) < 4.78 is 0. The lowest BCUT2D eigenvalue weighted by molar-refractivity contribution is -0.0318. The van der Waals surface area contributed by atoms with Gasteiger partial charge in [0.25, 0.3) is 0 Å². The van der Waals surface area contributed by atoms with Gasteiger partial charge in [0, 0.05) is 11.5 Å². The second-order valence-electron chi connectivity index (χ2n) is 7.85. The van der Waals surface area contributed by atoms with Crippen LogP contribution in [-0.4, -0.2) is 22.1 Å². The molecule has 1 aromatic rings. The van der Waals surface area contributed by atoms with Gasteiger partial charge in [-0.2, -0.15) is 0 Å². The van der Waals surface area contributed by atoms with Crippen LogP contribution in [0.25, 0.3) is 0 Å². The molecule has 0 aliphatic heterocycles. The zero-order valence-corrected chi connectivity index (χ0v) is 13.2. The minimum atomic E-state index is -0.220. The van der Waals surface area contributed by atoms with E-state index in [1.165, 1.54) is 0 Å². The Labute approximate surface area is 131 Å². The Balaban J connectivity index is 1.82. The second-order valence-corrected chi connectivity index (χ2v) is 7.85. The van der Waals surface area contributed by atoms with Crippen LogP contribution >= 0.6 is 0 Å². The molecule has 3 aliphatic carbocycles. The predicted molar refractivity (Wildman–Crippen MR) is 83.9 cm³/mol. The van der Waals surface area contributed by atoms with Gasteiger partial charge in [-0.3, -0.25) is 4.79 Å². The van der Waals surface area contributed by atoms with Crippen molar-refractivity contribution in [2.75, 3.05) is 0 Å². The highest BCUT2D eigenvalue weighted by molar-refractivity contribution is 6.01. The predicted octanol–water partition coefficient (Wildman–Crippen LogP) is 3.50. The lowest BCUT2D eigenvalue weighted by Crippen LogP contribution is -2.48. The molecular weight excluding hydrogens is 276 g/mol. The highest BCUT2D eigenvalue weighted by Gasteiger charge is 2.57. The summed E-state index contributed by atoms with van der Waals surface area (Å²) in [6.07, 6.45) is 3.74. The molecule has 22 heavy (non-hydrogen) atoms. The van der Waals surface area contributed by atoms with E-state index in [1.54, 1.807) is 12.1 Å². The largest absolute Gasteiger partial charge is 0.508 e. The van der Waals surface area contributed by atoms with E-state index in [-0.39, 0.29) is 29.0 Å². The minimum Gasteiger partial charge on any atom is -0.508 e. The van der Waals surface area contributed by atoms with Gasteiger partial charge in [-0.15, -0.1) is 0 Å². The third-order valence-corrected chi connectivity index (χ3v) is 6.98. The van der Waals surface area contributed by atoms with E-state index in [0.29, 0.717) is 17.8 Å². The van der Waals surface area contributed by atoms with E-state index in [4.69, 9.17) is 0 Å². The standard InChI is InChI=1S/C19H24O3/c1-10-17-13(7-8-19(2)15(17)5-6-16(19)21)12-4-3-11(20)9-14(12)18(10)22/h3-4,9-10,13,15-17,20-21H,5-8H2,1-2H3/t10-,13?,15?,16-,17?,19?/m0/s1. The monoisotopic (exact) mass is 300 g/mol. The summed E-state index contributed by atoms with van der Waals surface area (Å²) >= 11 is 0. The first-order chi connectivity index (χ1) is 10.4. The van der Waals surface area contributed by atoms with Gasteiger partial charge in [-0.05, 0) is 66.5 Å². The maximum atomic E-state index is 12.8. The van der Waals surface area contributed by atoms with E-state index in [2.05, 4.69) is 6.92 Å². The van der Waals surface area contributed by atoms with Crippen LogP contribution in [0.3, 0.4) is 0 Å². The maximum Gasteiger partial charge on any atom is 0.166 e. The highest BCUT2D eigenvalue weighted by Crippen LogP contribution is 2.62. The van der Waals surface area contributed by atoms with E-state index >= 15 is 0 Å². The van der Waals surface area contributed by atoms with E-state index in [9.17, 15) is 15.0 Å². The van der Waals surface area contributed by atoms with Gasteiger partial charge in [0.15, 0.2) is 5.78 Å². The fraction of sp³-hybridized carbons (Fsp3) is 0.632. The molecule has 0 radical (unpaired) electrons. The molecule has 118 valence electrons. The summed E-state index contributed by atoms with van der Waals surface area (Å²) in [5.74, 6) is 1.48. The molecule has 3 aliphatic rings. The number of carbonyl (C=O) groups excluding carboxylic acids is 1. The molecule has 2 N–H and O–H groups in total. The van der Waals surface area contributed by atoms with E-state index < -0.39 is 0 Å². The first kappa shape index (κ1) is 14.3. The average Bonchev–Trinajstić information content (AvgIpc) is 2.80. The molecule has 1 aromatic carbocycles. The molecular formula is C19H24O3. The third kappa shape index (κ3) is 1.69. The number of rotatable bonds is 0. The van der Waals surface area contributed by atoms with Crippen LogP contribution in [0.2, 0.25) is 0 Å². The molecule has 0 bridgehead atoms. The number of phenols is 1. The fourth-order valence-electron chi connectivity index (χ4n) is 5.73. The van der Waals surface area contributed by atoms with Gasteiger partial charge in [-0.25, -0.2) is 0 Å². The molecule has 0 aromatic heterocycles. The van der Waals surface area contributed by atoms with Crippen LogP contribution in [0.15, 0.2) is 18.2 Å². The van der Waals surface area contributed by atoms with Gasteiger partial charge in [0.2, 0.25) is 0 Å². The van der Waals surface area contributed by atoms with Crippen LogP contribution < -0.4 is 0 Å². The quantitative estimate of drug-likeness (QED) is 0.771. The zero-order chi connectivity index (χ0) is 15.6. The Morgan fingerprint density at radius 3 is 2.77 bits per heavy atom. The van der Waals surface area contributed by atoms with Gasteiger partial charge >= 0.3 is 0 Å². The normalized spacial score (nSPS) is 43.4. The van der Waals surface area contributed by atoms with Crippen molar-refractivity contribution in [1.82, 2.24) is 0 Å². The van der Waals surface area contributed by atoms with Crippen molar-refractivity contribution in [2.24, 2.45) is 23.2 Å². The lowest BCUT2D eigenvalue weighted by atomic mass is 9.52.